The molecule has 0 aliphatic rings. The number of rotatable bonds is 8. The molecule has 1 aromatic rings. The third-order valence-corrected chi connectivity index (χ3v) is 2.59. The van der Waals surface area contributed by atoms with Crippen molar-refractivity contribution in [2.45, 2.75) is 13.0 Å². The molecule has 1 rings (SSSR count). The van der Waals surface area contributed by atoms with Gasteiger partial charge in [0.05, 0.1) is 13.2 Å². The van der Waals surface area contributed by atoms with E-state index in [9.17, 15) is 0 Å². The van der Waals surface area contributed by atoms with Crippen molar-refractivity contribution >= 4 is 0 Å². The summed E-state index contributed by atoms with van der Waals surface area (Å²) < 4.78 is 5.51. The fourth-order valence-corrected chi connectivity index (χ4v) is 1.47. The van der Waals surface area contributed by atoms with Gasteiger partial charge in [0.2, 0.25) is 0 Å². The van der Waals surface area contributed by atoms with Gasteiger partial charge in [-0.25, -0.2) is 0 Å². The lowest BCUT2D eigenvalue weighted by Crippen LogP contribution is -2.25. The van der Waals surface area contributed by atoms with Crippen LogP contribution in [-0.4, -0.2) is 50.3 Å². The highest BCUT2D eigenvalue weighted by atomic mass is 16.5. The number of hydrogen-bond acceptors (Lipinski definition) is 4. The van der Waals surface area contributed by atoms with Gasteiger partial charge in [-0.15, -0.1) is 0 Å². The average molecular weight is 237 g/mol. The first kappa shape index (κ1) is 14.1. The van der Waals surface area contributed by atoms with E-state index in [2.05, 4.69) is 22.1 Å². The van der Waals surface area contributed by atoms with Gasteiger partial charge in [-0.2, -0.15) is 0 Å². The van der Waals surface area contributed by atoms with Gasteiger partial charge in [-0.05, 0) is 38.7 Å². The zero-order valence-corrected chi connectivity index (χ0v) is 11.0. The number of likely N-dealkylation sites (N-methyl/N-ethyl adjacent to an activating group) is 1. The van der Waals surface area contributed by atoms with Crippen LogP contribution in [0.4, 0.5) is 0 Å². The van der Waals surface area contributed by atoms with Gasteiger partial charge in [0.15, 0.2) is 0 Å². The topological polar surface area (TPSA) is 37.4 Å². The van der Waals surface area contributed by atoms with Crippen molar-refractivity contribution in [3.05, 3.63) is 30.1 Å². The minimum atomic E-state index is 0.343. The summed E-state index contributed by atoms with van der Waals surface area (Å²) in [5.41, 5.74) is 1.26. The largest absolute Gasteiger partial charge is 0.379 e. The summed E-state index contributed by atoms with van der Waals surface area (Å²) in [7, 11) is 4.10. The van der Waals surface area contributed by atoms with Gasteiger partial charge in [0.25, 0.3) is 0 Å². The number of hydrogen-bond donors (Lipinski definition) is 1. The molecule has 96 valence electrons. The van der Waals surface area contributed by atoms with Crippen molar-refractivity contribution in [2.24, 2.45) is 0 Å². The molecular formula is C13H23N3O. The quantitative estimate of drug-likeness (QED) is 0.692. The molecular weight excluding hydrogens is 214 g/mol. The molecule has 0 aliphatic carbocycles. The summed E-state index contributed by atoms with van der Waals surface area (Å²) in [4.78, 5) is 6.13. The molecule has 1 unspecified atom stereocenters. The van der Waals surface area contributed by atoms with E-state index >= 15 is 0 Å². The van der Waals surface area contributed by atoms with Crippen molar-refractivity contribution in [3.8, 4) is 0 Å². The molecule has 0 amide bonds. The highest BCUT2D eigenvalue weighted by Crippen LogP contribution is 2.09. The van der Waals surface area contributed by atoms with Crippen LogP contribution in [0.25, 0.3) is 0 Å². The highest BCUT2D eigenvalue weighted by molar-refractivity contribution is 5.13. The Morgan fingerprint density at radius 3 is 2.65 bits per heavy atom. The summed E-state index contributed by atoms with van der Waals surface area (Å²) in [6, 6.07) is 4.41. The van der Waals surface area contributed by atoms with Crippen LogP contribution in [0.15, 0.2) is 24.5 Å². The van der Waals surface area contributed by atoms with E-state index < -0.39 is 0 Å². The Hall–Kier alpha value is -0.970. The minimum Gasteiger partial charge on any atom is -0.379 e. The maximum Gasteiger partial charge on any atom is 0.0593 e. The van der Waals surface area contributed by atoms with E-state index in [0.29, 0.717) is 6.04 Å². The molecule has 0 saturated carbocycles. The van der Waals surface area contributed by atoms with Gasteiger partial charge in [-0.3, -0.25) is 4.98 Å². The van der Waals surface area contributed by atoms with E-state index in [4.69, 9.17) is 4.74 Å². The molecule has 0 saturated heterocycles. The fourth-order valence-electron chi connectivity index (χ4n) is 1.47. The lowest BCUT2D eigenvalue weighted by Gasteiger charge is -2.14. The summed E-state index contributed by atoms with van der Waals surface area (Å²) in [5, 5.41) is 3.42. The van der Waals surface area contributed by atoms with Gasteiger partial charge in [0.1, 0.15) is 0 Å². The second kappa shape index (κ2) is 8.17. The average Bonchev–Trinajstić information content (AvgIpc) is 2.34. The van der Waals surface area contributed by atoms with Crippen LogP contribution < -0.4 is 5.32 Å². The first-order chi connectivity index (χ1) is 8.20. The van der Waals surface area contributed by atoms with Crippen LogP contribution in [0.2, 0.25) is 0 Å². The Kier molecular flexibility index (Phi) is 6.77. The van der Waals surface area contributed by atoms with Crippen LogP contribution in [0.3, 0.4) is 0 Å². The lowest BCUT2D eigenvalue weighted by molar-refractivity contribution is 0.118. The second-order valence-electron chi connectivity index (χ2n) is 4.37. The molecule has 0 bridgehead atoms. The number of pyridine rings is 1. The van der Waals surface area contributed by atoms with E-state index in [1.54, 1.807) is 0 Å². The minimum absolute atomic E-state index is 0.343. The Balaban J connectivity index is 2.07. The SMILES string of the molecule is CC(NCCOCCN(C)C)c1ccncc1. The molecule has 17 heavy (non-hydrogen) atoms. The van der Waals surface area contributed by atoms with Crippen LogP contribution in [0.5, 0.6) is 0 Å². The standard InChI is InChI=1S/C13H23N3O/c1-12(13-4-6-14-7-5-13)15-8-10-17-11-9-16(2)3/h4-7,12,15H,8-11H2,1-3H3. The third kappa shape index (κ3) is 6.36. The first-order valence-corrected chi connectivity index (χ1v) is 6.06. The summed E-state index contributed by atoms with van der Waals surface area (Å²) in [5.74, 6) is 0. The third-order valence-electron chi connectivity index (χ3n) is 2.59. The Morgan fingerprint density at radius 2 is 2.00 bits per heavy atom. The van der Waals surface area contributed by atoms with Crippen LogP contribution in [-0.2, 0) is 4.74 Å². The van der Waals surface area contributed by atoms with Gasteiger partial charge >= 0.3 is 0 Å². The van der Waals surface area contributed by atoms with Crippen molar-refractivity contribution in [1.82, 2.24) is 15.2 Å². The fraction of sp³-hybridized carbons (Fsp3) is 0.615. The zero-order chi connectivity index (χ0) is 12.5. The molecule has 0 fully saturated rings. The summed E-state index contributed by atoms with van der Waals surface area (Å²) in [6.45, 7) is 5.54. The molecule has 1 heterocycles. The molecule has 0 aliphatic heterocycles. The van der Waals surface area contributed by atoms with Gasteiger partial charge in [0, 0.05) is 31.5 Å². The van der Waals surface area contributed by atoms with Crippen LogP contribution in [0, 0.1) is 0 Å². The van der Waals surface area contributed by atoms with E-state index in [0.717, 1.165) is 26.3 Å². The molecule has 4 nitrogen and oxygen atoms in total. The molecule has 0 aromatic carbocycles. The number of ether oxygens (including phenoxy) is 1. The molecule has 1 N–H and O–H groups in total. The summed E-state index contributed by atoms with van der Waals surface area (Å²) >= 11 is 0. The van der Waals surface area contributed by atoms with Crippen molar-refractivity contribution < 1.29 is 4.74 Å². The van der Waals surface area contributed by atoms with Gasteiger partial charge < -0.3 is 15.0 Å². The molecule has 0 radical (unpaired) electrons. The van der Waals surface area contributed by atoms with Crippen molar-refractivity contribution in [1.29, 1.82) is 0 Å². The maximum absolute atomic E-state index is 5.51. The molecule has 1 aromatic heterocycles. The predicted octanol–water partition coefficient (Wildman–Crippen LogP) is 1.31. The highest BCUT2D eigenvalue weighted by Gasteiger charge is 2.02. The lowest BCUT2D eigenvalue weighted by atomic mass is 10.1. The van der Waals surface area contributed by atoms with Crippen LogP contribution in [0.1, 0.15) is 18.5 Å². The van der Waals surface area contributed by atoms with E-state index in [1.807, 2.05) is 38.6 Å². The Labute approximate surface area is 104 Å². The van der Waals surface area contributed by atoms with E-state index in [1.165, 1.54) is 5.56 Å². The first-order valence-electron chi connectivity index (χ1n) is 6.06. The monoisotopic (exact) mass is 237 g/mol. The summed E-state index contributed by atoms with van der Waals surface area (Å²) in [6.07, 6.45) is 3.64. The molecule has 4 heteroatoms. The van der Waals surface area contributed by atoms with Crippen LogP contribution >= 0.6 is 0 Å². The van der Waals surface area contributed by atoms with Crippen molar-refractivity contribution in [2.75, 3.05) is 40.4 Å². The molecule has 0 spiro atoms. The molecule has 1 atom stereocenters. The zero-order valence-electron chi connectivity index (χ0n) is 11.0. The second-order valence-corrected chi connectivity index (χ2v) is 4.37. The Bertz CT molecular complexity index is 290. The smallest absolute Gasteiger partial charge is 0.0593 e. The van der Waals surface area contributed by atoms with Crippen molar-refractivity contribution in [3.63, 3.8) is 0 Å². The Morgan fingerprint density at radius 1 is 1.29 bits per heavy atom. The number of nitrogens with one attached hydrogen (secondary N) is 1. The maximum atomic E-state index is 5.51. The number of nitrogens with zero attached hydrogens (tertiary/aromatic N) is 2. The predicted molar refractivity (Wildman–Crippen MR) is 70.0 cm³/mol. The normalized spacial score (nSPS) is 12.9. The van der Waals surface area contributed by atoms with E-state index in [-0.39, 0.29) is 0 Å². The number of aromatic nitrogens is 1. The van der Waals surface area contributed by atoms with Gasteiger partial charge in [-0.1, -0.05) is 0 Å².